The Hall–Kier alpha value is -9.04. The lowest BCUT2D eigenvalue weighted by atomic mass is 9.70. The predicted molar refractivity (Wildman–Crippen MR) is 296 cm³/mol. The molecule has 0 atom stereocenters. The van der Waals surface area contributed by atoms with Crippen molar-refractivity contribution < 1.29 is 0 Å². The maximum atomic E-state index is 2.57. The van der Waals surface area contributed by atoms with E-state index in [2.05, 4.69) is 266 Å². The Labute approximate surface area is 406 Å². The van der Waals surface area contributed by atoms with Crippen molar-refractivity contribution in [1.82, 2.24) is 0 Å². The van der Waals surface area contributed by atoms with Gasteiger partial charge in [0.2, 0.25) is 0 Å². The Morgan fingerprint density at radius 2 is 0.686 bits per heavy atom. The van der Waals surface area contributed by atoms with E-state index in [1.807, 2.05) is 0 Å². The molecule has 1 spiro atoms. The van der Waals surface area contributed by atoms with Gasteiger partial charge in [-0.25, -0.2) is 0 Å². The van der Waals surface area contributed by atoms with Crippen molar-refractivity contribution in [2.45, 2.75) is 5.41 Å². The maximum absolute atomic E-state index is 2.57. The van der Waals surface area contributed by atoms with Crippen LogP contribution in [0.4, 0.5) is 17.1 Å². The van der Waals surface area contributed by atoms with Gasteiger partial charge in [0.1, 0.15) is 0 Å². The minimum absolute atomic E-state index is 0.518. The van der Waals surface area contributed by atoms with Crippen LogP contribution >= 0.6 is 0 Å². The molecule has 1 heteroatoms. The molecule has 2 aliphatic rings. The summed E-state index contributed by atoms with van der Waals surface area (Å²) in [5, 5.41) is 12.6. The van der Waals surface area contributed by atoms with Gasteiger partial charge in [0.25, 0.3) is 0 Å². The summed E-state index contributed by atoms with van der Waals surface area (Å²) < 4.78 is 0. The van der Waals surface area contributed by atoms with Crippen LogP contribution in [0.1, 0.15) is 22.3 Å². The monoisotopic (exact) mass is 885 g/mol. The summed E-state index contributed by atoms with van der Waals surface area (Å²) in [5.41, 5.74) is 18.0. The average Bonchev–Trinajstić information content (AvgIpc) is 3.90. The molecule has 0 N–H and O–H groups in total. The molecule has 1 nitrogen and oxygen atoms in total. The molecule has 2 aliphatic carbocycles. The quantitative estimate of drug-likeness (QED) is 0.156. The first-order valence-electron chi connectivity index (χ1n) is 24.4. The fraction of sp³-hybridized carbons (Fsp3) is 0.0145. The minimum Gasteiger partial charge on any atom is -0.310 e. The number of fused-ring (bicyclic) bond motifs is 19. The van der Waals surface area contributed by atoms with Crippen molar-refractivity contribution in [2.24, 2.45) is 0 Å². The number of rotatable bonds is 5. The highest BCUT2D eigenvalue weighted by molar-refractivity contribution is 6.26. The first kappa shape index (κ1) is 39.0. The first-order chi connectivity index (χ1) is 34.7. The molecule has 70 heavy (non-hydrogen) atoms. The molecule has 15 rings (SSSR count). The SMILES string of the molecule is c1ccc(-c2ccc(N(c3ccc4c5ccccc5c5ccccc5c4c3)c3cc4c(cc3-c3ccc5c(ccc6ccccc65)c3)-c3ccccc3C43c4ccccc4-c4ccccc43)cc2)cc1. The Morgan fingerprint density at radius 3 is 1.34 bits per heavy atom. The Balaban J connectivity index is 1.07. The topological polar surface area (TPSA) is 3.24 Å². The lowest BCUT2D eigenvalue weighted by Gasteiger charge is -2.33. The van der Waals surface area contributed by atoms with E-state index in [1.54, 1.807) is 0 Å². The van der Waals surface area contributed by atoms with Gasteiger partial charge in [-0.3, -0.25) is 0 Å². The van der Waals surface area contributed by atoms with E-state index in [0.29, 0.717) is 0 Å². The fourth-order valence-electron chi connectivity index (χ4n) is 12.6. The van der Waals surface area contributed by atoms with E-state index in [9.17, 15) is 0 Å². The minimum atomic E-state index is -0.518. The van der Waals surface area contributed by atoms with Crippen LogP contribution in [0, 0.1) is 0 Å². The molecule has 0 radical (unpaired) electrons. The van der Waals surface area contributed by atoms with Crippen LogP contribution in [0.2, 0.25) is 0 Å². The highest BCUT2D eigenvalue weighted by atomic mass is 15.1. The third kappa shape index (κ3) is 5.49. The van der Waals surface area contributed by atoms with Crippen LogP contribution in [0.25, 0.3) is 98.4 Å². The van der Waals surface area contributed by atoms with Gasteiger partial charge in [-0.1, -0.05) is 218 Å². The third-order valence-electron chi connectivity index (χ3n) is 15.6. The number of nitrogens with zero attached hydrogens (tertiary/aromatic N) is 1. The van der Waals surface area contributed by atoms with E-state index in [0.717, 1.165) is 17.1 Å². The Kier molecular flexibility index (Phi) is 8.35. The van der Waals surface area contributed by atoms with E-state index in [1.165, 1.54) is 121 Å². The van der Waals surface area contributed by atoms with Crippen LogP contribution < -0.4 is 4.90 Å². The highest BCUT2D eigenvalue weighted by Gasteiger charge is 2.52. The molecule has 0 saturated heterocycles. The molecule has 0 bridgehead atoms. The van der Waals surface area contributed by atoms with Crippen molar-refractivity contribution in [3.8, 4) is 44.5 Å². The second kappa shape index (κ2) is 15.0. The van der Waals surface area contributed by atoms with Crippen LogP contribution in [0.15, 0.2) is 261 Å². The zero-order chi connectivity index (χ0) is 45.9. The summed E-state index contributed by atoms with van der Waals surface area (Å²) in [4.78, 5) is 2.54. The summed E-state index contributed by atoms with van der Waals surface area (Å²) in [6.45, 7) is 0. The second-order valence-electron chi connectivity index (χ2n) is 19.1. The third-order valence-corrected chi connectivity index (χ3v) is 15.6. The molecule has 0 saturated carbocycles. The summed E-state index contributed by atoms with van der Waals surface area (Å²) in [6, 6.07) is 97.8. The standard InChI is InChI=1S/C69H43N/c1-2-16-44(17-3-1)45-32-35-49(36-33-45)70(50-37-39-57-55-22-7-6-20-53(55)54-21-8-9-23-56(54)62(57)41-50)68-43-67-63(42-61(68)48-34-38-52-47(40-48)31-30-46-18-4-5-19-51(46)52)60-26-12-15-29-66(60)69(67)64-27-13-10-24-58(64)59-25-11-14-28-65(59)69/h1-43H. The summed E-state index contributed by atoms with van der Waals surface area (Å²) in [6.07, 6.45) is 0. The smallest absolute Gasteiger partial charge is 0.0726 e. The maximum Gasteiger partial charge on any atom is 0.0726 e. The van der Waals surface area contributed by atoms with Crippen LogP contribution in [-0.4, -0.2) is 0 Å². The van der Waals surface area contributed by atoms with E-state index in [-0.39, 0.29) is 0 Å². The largest absolute Gasteiger partial charge is 0.310 e. The Morgan fingerprint density at radius 1 is 0.229 bits per heavy atom. The second-order valence-corrected chi connectivity index (χ2v) is 19.1. The molecule has 13 aromatic carbocycles. The normalized spacial score (nSPS) is 13.0. The molecule has 0 amide bonds. The molecular weight excluding hydrogens is 843 g/mol. The van der Waals surface area contributed by atoms with Crippen LogP contribution in [0.3, 0.4) is 0 Å². The molecule has 0 fully saturated rings. The molecule has 0 aromatic heterocycles. The summed E-state index contributed by atoms with van der Waals surface area (Å²) >= 11 is 0. The molecule has 13 aromatic rings. The van der Waals surface area contributed by atoms with Crippen molar-refractivity contribution in [3.63, 3.8) is 0 Å². The van der Waals surface area contributed by atoms with Crippen LogP contribution in [0.5, 0.6) is 0 Å². The van der Waals surface area contributed by atoms with Crippen molar-refractivity contribution >= 4 is 70.9 Å². The zero-order valence-corrected chi connectivity index (χ0v) is 38.3. The van der Waals surface area contributed by atoms with E-state index >= 15 is 0 Å². The lowest BCUT2D eigenvalue weighted by Crippen LogP contribution is -2.26. The summed E-state index contributed by atoms with van der Waals surface area (Å²) in [5.74, 6) is 0. The Bertz CT molecular complexity index is 4210. The van der Waals surface area contributed by atoms with Gasteiger partial charge in [0.05, 0.1) is 11.1 Å². The van der Waals surface area contributed by atoms with E-state index in [4.69, 9.17) is 0 Å². The predicted octanol–water partition coefficient (Wildman–Crippen LogP) is 18.6. The molecular formula is C69H43N. The van der Waals surface area contributed by atoms with Crippen molar-refractivity contribution in [2.75, 3.05) is 4.90 Å². The summed E-state index contributed by atoms with van der Waals surface area (Å²) in [7, 11) is 0. The van der Waals surface area contributed by atoms with Gasteiger partial charge in [-0.2, -0.15) is 0 Å². The molecule has 324 valence electrons. The van der Waals surface area contributed by atoms with Gasteiger partial charge in [-0.05, 0) is 158 Å². The van der Waals surface area contributed by atoms with E-state index < -0.39 is 5.41 Å². The van der Waals surface area contributed by atoms with Gasteiger partial charge < -0.3 is 4.90 Å². The van der Waals surface area contributed by atoms with Gasteiger partial charge in [0.15, 0.2) is 0 Å². The lowest BCUT2D eigenvalue weighted by molar-refractivity contribution is 0.794. The fourth-order valence-corrected chi connectivity index (χ4v) is 12.6. The number of hydrogen-bond donors (Lipinski definition) is 0. The van der Waals surface area contributed by atoms with Crippen molar-refractivity contribution in [1.29, 1.82) is 0 Å². The van der Waals surface area contributed by atoms with Gasteiger partial charge >= 0.3 is 0 Å². The molecule has 0 heterocycles. The molecule has 0 unspecified atom stereocenters. The van der Waals surface area contributed by atoms with Crippen molar-refractivity contribution in [3.05, 3.63) is 283 Å². The number of hydrogen-bond acceptors (Lipinski definition) is 1. The number of benzene rings is 13. The van der Waals surface area contributed by atoms with Gasteiger partial charge in [0, 0.05) is 16.9 Å². The van der Waals surface area contributed by atoms with Crippen LogP contribution in [-0.2, 0) is 5.41 Å². The highest BCUT2D eigenvalue weighted by Crippen LogP contribution is 2.64. The zero-order valence-electron chi connectivity index (χ0n) is 38.3. The number of anilines is 3. The first-order valence-corrected chi connectivity index (χ1v) is 24.4. The average molecular weight is 886 g/mol. The van der Waals surface area contributed by atoms with Gasteiger partial charge in [-0.15, -0.1) is 0 Å². The molecule has 0 aliphatic heterocycles.